The lowest BCUT2D eigenvalue weighted by Crippen LogP contribution is -2.34. The van der Waals surface area contributed by atoms with Crippen LogP contribution in [0.2, 0.25) is 10.0 Å². The number of carbonyl (C=O) groups excluding carboxylic acids is 4. The summed E-state index contributed by atoms with van der Waals surface area (Å²) in [4.78, 5) is 50.1. The van der Waals surface area contributed by atoms with Crippen molar-refractivity contribution in [3.05, 3.63) is 63.1 Å². The number of nitrogens with zero attached hydrogens (tertiary/aromatic N) is 1. The maximum absolute atomic E-state index is 12.7. The number of halogens is 2. The maximum Gasteiger partial charge on any atom is 0.326 e. The summed E-state index contributed by atoms with van der Waals surface area (Å²) < 4.78 is 5.16. The number of esters is 1. The van der Waals surface area contributed by atoms with Gasteiger partial charge in [0.1, 0.15) is 6.54 Å². The van der Waals surface area contributed by atoms with Crippen LogP contribution in [0.15, 0.2) is 36.4 Å². The molecule has 1 unspecified atom stereocenters. The first kappa shape index (κ1) is 22.8. The largest absolute Gasteiger partial charge is 0.453 e. The molecule has 31 heavy (non-hydrogen) atoms. The standard InChI is InChI=1S/C22H20Cl2N2O5/c1-12(21(29)15-4-6-19-14(9-15)7-8-26(19)13(2)27)31-20(28)11-25-22(30)16-3-5-17(23)18(24)10-16/h3-6,9-10,12H,7-8,11H2,1-2H3,(H,25,30). The quantitative estimate of drug-likeness (QED) is 0.524. The van der Waals surface area contributed by atoms with Crippen LogP contribution in [0.1, 0.15) is 40.1 Å². The molecule has 1 heterocycles. The van der Waals surface area contributed by atoms with E-state index >= 15 is 0 Å². The van der Waals surface area contributed by atoms with E-state index in [2.05, 4.69) is 5.32 Å². The van der Waals surface area contributed by atoms with Crippen molar-refractivity contribution >= 4 is 52.5 Å². The summed E-state index contributed by atoms with van der Waals surface area (Å²) in [6, 6.07) is 9.39. The van der Waals surface area contributed by atoms with E-state index in [1.807, 2.05) is 0 Å². The zero-order valence-corrected chi connectivity index (χ0v) is 18.4. The van der Waals surface area contributed by atoms with Crippen molar-refractivity contribution in [1.82, 2.24) is 5.32 Å². The Labute approximate surface area is 189 Å². The van der Waals surface area contributed by atoms with Crippen LogP contribution in [0.25, 0.3) is 0 Å². The molecular weight excluding hydrogens is 443 g/mol. The number of ether oxygens (including phenoxy) is 1. The number of amides is 2. The molecule has 0 fully saturated rings. The molecule has 0 bridgehead atoms. The van der Waals surface area contributed by atoms with Crippen molar-refractivity contribution in [3.8, 4) is 0 Å². The number of nitrogens with one attached hydrogen (secondary N) is 1. The van der Waals surface area contributed by atoms with Crippen LogP contribution in [0.5, 0.6) is 0 Å². The zero-order valence-electron chi connectivity index (χ0n) is 16.9. The lowest BCUT2D eigenvalue weighted by molar-refractivity contribution is -0.145. The number of benzene rings is 2. The van der Waals surface area contributed by atoms with Gasteiger partial charge in [-0.1, -0.05) is 23.2 Å². The van der Waals surface area contributed by atoms with E-state index in [4.69, 9.17) is 27.9 Å². The first-order valence-corrected chi connectivity index (χ1v) is 10.3. The molecule has 1 aliphatic heterocycles. The van der Waals surface area contributed by atoms with Gasteiger partial charge in [-0.3, -0.25) is 19.2 Å². The minimum atomic E-state index is -1.03. The fourth-order valence-corrected chi connectivity index (χ4v) is 3.60. The summed E-state index contributed by atoms with van der Waals surface area (Å²) in [5, 5.41) is 2.94. The van der Waals surface area contributed by atoms with E-state index < -0.39 is 24.5 Å². The Morgan fingerprint density at radius 2 is 1.77 bits per heavy atom. The maximum atomic E-state index is 12.7. The van der Waals surface area contributed by atoms with Crippen LogP contribution in [-0.4, -0.2) is 42.8 Å². The number of rotatable bonds is 6. The molecule has 7 nitrogen and oxygen atoms in total. The summed E-state index contributed by atoms with van der Waals surface area (Å²) in [7, 11) is 0. The third-order valence-corrected chi connectivity index (χ3v) is 5.63. The molecule has 3 rings (SSSR count). The summed E-state index contributed by atoms with van der Waals surface area (Å²) in [5.74, 6) is -1.70. The van der Waals surface area contributed by atoms with Gasteiger partial charge in [0, 0.05) is 30.3 Å². The SMILES string of the molecule is CC(=O)N1CCc2cc(C(=O)C(C)OC(=O)CNC(=O)c3ccc(Cl)c(Cl)c3)ccc21. The number of fused-ring (bicyclic) bond motifs is 1. The first-order chi connectivity index (χ1) is 14.7. The van der Waals surface area contributed by atoms with Crippen LogP contribution in [0.3, 0.4) is 0 Å². The molecule has 1 atom stereocenters. The fourth-order valence-electron chi connectivity index (χ4n) is 3.30. The molecular formula is C22H20Cl2N2O5. The zero-order chi connectivity index (χ0) is 22.7. The van der Waals surface area contributed by atoms with Gasteiger partial charge in [-0.2, -0.15) is 0 Å². The fraction of sp³-hybridized carbons (Fsp3) is 0.273. The summed E-state index contributed by atoms with van der Waals surface area (Å²) in [5.41, 5.74) is 2.32. The van der Waals surface area contributed by atoms with Gasteiger partial charge in [-0.05, 0) is 55.3 Å². The van der Waals surface area contributed by atoms with E-state index in [1.165, 1.54) is 32.0 Å². The number of ketones is 1. The Morgan fingerprint density at radius 1 is 1.06 bits per heavy atom. The van der Waals surface area contributed by atoms with Gasteiger partial charge in [0.25, 0.3) is 5.91 Å². The molecule has 162 valence electrons. The van der Waals surface area contributed by atoms with Crippen molar-refractivity contribution in [3.63, 3.8) is 0 Å². The van der Waals surface area contributed by atoms with E-state index in [0.29, 0.717) is 23.6 Å². The van der Waals surface area contributed by atoms with Gasteiger partial charge in [0.2, 0.25) is 11.7 Å². The average molecular weight is 463 g/mol. The Bertz CT molecular complexity index is 1070. The Morgan fingerprint density at radius 3 is 2.45 bits per heavy atom. The van der Waals surface area contributed by atoms with Gasteiger partial charge in [0.15, 0.2) is 6.10 Å². The molecule has 2 aromatic carbocycles. The summed E-state index contributed by atoms with van der Waals surface area (Å²) in [6.45, 7) is 3.13. The van der Waals surface area contributed by atoms with E-state index in [-0.39, 0.29) is 22.3 Å². The van der Waals surface area contributed by atoms with Gasteiger partial charge in [0.05, 0.1) is 10.0 Å². The number of carbonyl (C=O) groups is 4. The van der Waals surface area contributed by atoms with Crippen LogP contribution in [-0.2, 0) is 20.7 Å². The molecule has 0 radical (unpaired) electrons. The van der Waals surface area contributed by atoms with Crippen LogP contribution < -0.4 is 10.2 Å². The molecule has 1 aliphatic rings. The molecule has 1 N–H and O–H groups in total. The van der Waals surface area contributed by atoms with E-state index in [9.17, 15) is 19.2 Å². The van der Waals surface area contributed by atoms with Gasteiger partial charge >= 0.3 is 5.97 Å². The Balaban J connectivity index is 1.56. The van der Waals surface area contributed by atoms with E-state index in [0.717, 1.165) is 11.3 Å². The van der Waals surface area contributed by atoms with Crippen molar-refractivity contribution in [2.75, 3.05) is 18.0 Å². The molecule has 0 aliphatic carbocycles. The van der Waals surface area contributed by atoms with Crippen molar-refractivity contribution in [2.24, 2.45) is 0 Å². The van der Waals surface area contributed by atoms with Gasteiger partial charge in [-0.25, -0.2) is 0 Å². The highest BCUT2D eigenvalue weighted by atomic mass is 35.5. The minimum Gasteiger partial charge on any atom is -0.453 e. The topological polar surface area (TPSA) is 92.8 Å². The highest BCUT2D eigenvalue weighted by molar-refractivity contribution is 6.42. The van der Waals surface area contributed by atoms with Crippen LogP contribution in [0.4, 0.5) is 5.69 Å². The van der Waals surface area contributed by atoms with Crippen molar-refractivity contribution < 1.29 is 23.9 Å². The van der Waals surface area contributed by atoms with Crippen molar-refractivity contribution in [2.45, 2.75) is 26.4 Å². The van der Waals surface area contributed by atoms with Crippen LogP contribution >= 0.6 is 23.2 Å². The van der Waals surface area contributed by atoms with Gasteiger partial charge in [-0.15, -0.1) is 0 Å². The first-order valence-electron chi connectivity index (χ1n) is 9.55. The normalized spacial score (nSPS) is 13.4. The molecule has 0 spiro atoms. The Hall–Kier alpha value is -2.90. The van der Waals surface area contributed by atoms with Crippen molar-refractivity contribution in [1.29, 1.82) is 0 Å². The highest BCUT2D eigenvalue weighted by Gasteiger charge is 2.25. The smallest absolute Gasteiger partial charge is 0.326 e. The minimum absolute atomic E-state index is 0.0527. The molecule has 2 amide bonds. The lowest BCUT2D eigenvalue weighted by Gasteiger charge is -2.16. The number of anilines is 1. The lowest BCUT2D eigenvalue weighted by atomic mass is 10.0. The predicted molar refractivity (Wildman–Crippen MR) is 117 cm³/mol. The predicted octanol–water partition coefficient (Wildman–Crippen LogP) is 3.45. The second-order valence-corrected chi connectivity index (χ2v) is 7.89. The van der Waals surface area contributed by atoms with E-state index in [1.54, 1.807) is 23.1 Å². The second-order valence-electron chi connectivity index (χ2n) is 7.07. The number of Topliss-reactive ketones (excluding diaryl/α,β-unsaturated/α-hetero) is 1. The molecule has 9 heteroatoms. The molecule has 0 aromatic heterocycles. The molecule has 2 aromatic rings. The summed E-state index contributed by atoms with van der Waals surface area (Å²) >= 11 is 11.7. The number of hydrogen-bond donors (Lipinski definition) is 1. The van der Waals surface area contributed by atoms with Gasteiger partial charge < -0.3 is 15.0 Å². The second kappa shape index (κ2) is 9.49. The number of hydrogen-bond acceptors (Lipinski definition) is 5. The van der Waals surface area contributed by atoms with Crippen LogP contribution in [0, 0.1) is 0 Å². The summed E-state index contributed by atoms with van der Waals surface area (Å²) in [6.07, 6.45) is -0.372. The Kier molecular flexibility index (Phi) is 6.97. The molecule has 0 saturated carbocycles. The monoisotopic (exact) mass is 462 g/mol. The average Bonchev–Trinajstić information content (AvgIpc) is 3.16. The highest BCUT2D eigenvalue weighted by Crippen LogP contribution is 2.29. The molecule has 0 saturated heterocycles. The third-order valence-electron chi connectivity index (χ3n) is 4.89. The third kappa shape index (κ3) is 5.24.